The second kappa shape index (κ2) is 2.27. The molecule has 9 heavy (non-hydrogen) atoms. The average molecular weight is 130 g/mol. The fourth-order valence-electron chi connectivity index (χ4n) is 1.08. The van der Waals surface area contributed by atoms with E-state index in [-0.39, 0.29) is 5.92 Å². The van der Waals surface area contributed by atoms with Crippen molar-refractivity contribution in [1.82, 2.24) is 0 Å². The normalized spacial score (nSPS) is 45.0. The molecule has 0 saturated carbocycles. The predicted octanol–water partition coefficient (Wildman–Crippen LogP) is 1.14. The summed E-state index contributed by atoms with van der Waals surface area (Å²) in [5.74, 6) is -0.579. The van der Waals surface area contributed by atoms with E-state index in [2.05, 4.69) is 0 Å². The summed E-state index contributed by atoms with van der Waals surface area (Å²) in [6, 6.07) is 0. The van der Waals surface area contributed by atoms with Crippen molar-refractivity contribution < 1.29 is 9.84 Å². The van der Waals surface area contributed by atoms with E-state index < -0.39 is 5.79 Å². The Morgan fingerprint density at radius 2 is 2.33 bits per heavy atom. The lowest BCUT2D eigenvalue weighted by atomic mass is 9.95. The van der Waals surface area contributed by atoms with Crippen LogP contribution in [0, 0.1) is 5.92 Å². The number of aliphatic hydroxyl groups is 1. The van der Waals surface area contributed by atoms with Gasteiger partial charge in [0, 0.05) is 5.92 Å². The third-order valence-electron chi connectivity index (χ3n) is 2.09. The van der Waals surface area contributed by atoms with Crippen molar-refractivity contribution in [2.75, 3.05) is 6.61 Å². The first kappa shape index (κ1) is 7.03. The van der Waals surface area contributed by atoms with Gasteiger partial charge in [0.05, 0.1) is 6.61 Å². The summed E-state index contributed by atoms with van der Waals surface area (Å²) >= 11 is 0. The van der Waals surface area contributed by atoms with Gasteiger partial charge in [-0.25, -0.2) is 0 Å². The van der Waals surface area contributed by atoms with Crippen LogP contribution in [-0.4, -0.2) is 17.5 Å². The van der Waals surface area contributed by atoms with E-state index in [9.17, 15) is 5.11 Å². The highest BCUT2D eigenvalue weighted by Crippen LogP contribution is 2.27. The molecule has 0 bridgehead atoms. The van der Waals surface area contributed by atoms with Gasteiger partial charge in [0.1, 0.15) is 0 Å². The molecule has 2 unspecified atom stereocenters. The fourth-order valence-corrected chi connectivity index (χ4v) is 1.08. The van der Waals surface area contributed by atoms with E-state index in [4.69, 9.17) is 4.74 Å². The minimum atomic E-state index is -0.863. The molecule has 0 spiro atoms. The molecule has 1 aliphatic heterocycles. The van der Waals surface area contributed by atoms with E-state index in [1.807, 2.05) is 6.92 Å². The van der Waals surface area contributed by atoms with Crippen molar-refractivity contribution in [1.29, 1.82) is 0 Å². The molecule has 1 N–H and O–H groups in total. The van der Waals surface area contributed by atoms with E-state index >= 15 is 0 Å². The van der Waals surface area contributed by atoms with E-state index in [0.717, 1.165) is 12.8 Å². The first-order valence-electron chi connectivity index (χ1n) is 3.49. The van der Waals surface area contributed by atoms with Crippen LogP contribution >= 0.6 is 0 Å². The summed E-state index contributed by atoms with van der Waals surface area (Å²) in [5, 5.41) is 9.42. The number of hydrogen-bond donors (Lipinski definition) is 1. The first-order valence-corrected chi connectivity index (χ1v) is 3.49. The van der Waals surface area contributed by atoms with Gasteiger partial charge in [-0.3, -0.25) is 0 Å². The fraction of sp³-hybridized carbons (Fsp3) is 1.00. The summed E-state index contributed by atoms with van der Waals surface area (Å²) in [5.41, 5.74) is 0. The molecule has 0 aromatic heterocycles. The minimum absolute atomic E-state index is 0.284. The molecule has 0 aromatic carbocycles. The lowest BCUT2D eigenvalue weighted by Gasteiger charge is -2.34. The van der Waals surface area contributed by atoms with Crippen LogP contribution in [0.2, 0.25) is 0 Å². The first-order chi connectivity index (χ1) is 4.13. The van der Waals surface area contributed by atoms with Crippen molar-refractivity contribution in [3.05, 3.63) is 0 Å². The second-order valence-electron chi connectivity index (χ2n) is 2.95. The van der Waals surface area contributed by atoms with Gasteiger partial charge in [0.25, 0.3) is 0 Å². The van der Waals surface area contributed by atoms with Gasteiger partial charge >= 0.3 is 0 Å². The molecule has 54 valence electrons. The summed E-state index contributed by atoms with van der Waals surface area (Å²) in [6.45, 7) is 4.45. The molecular weight excluding hydrogens is 116 g/mol. The zero-order valence-corrected chi connectivity index (χ0v) is 6.05. The molecule has 1 saturated heterocycles. The van der Waals surface area contributed by atoms with Gasteiger partial charge in [0.2, 0.25) is 0 Å². The highest BCUT2D eigenvalue weighted by molar-refractivity contribution is 4.72. The largest absolute Gasteiger partial charge is 0.365 e. The van der Waals surface area contributed by atoms with E-state index in [0.29, 0.717) is 6.61 Å². The van der Waals surface area contributed by atoms with Crippen LogP contribution in [0.1, 0.15) is 26.7 Å². The quantitative estimate of drug-likeness (QED) is 0.533. The second-order valence-corrected chi connectivity index (χ2v) is 2.95. The summed E-state index contributed by atoms with van der Waals surface area (Å²) in [4.78, 5) is 0. The highest BCUT2D eigenvalue weighted by atomic mass is 16.6. The molecule has 1 rings (SSSR count). The Labute approximate surface area is 55.8 Å². The Morgan fingerprint density at radius 3 is 2.67 bits per heavy atom. The Hall–Kier alpha value is -0.0800. The summed E-state index contributed by atoms with van der Waals surface area (Å²) in [7, 11) is 0. The topological polar surface area (TPSA) is 29.5 Å². The van der Waals surface area contributed by atoms with Gasteiger partial charge in [-0.05, 0) is 19.8 Å². The Morgan fingerprint density at radius 1 is 1.67 bits per heavy atom. The highest BCUT2D eigenvalue weighted by Gasteiger charge is 2.31. The van der Waals surface area contributed by atoms with Crippen LogP contribution in [0.15, 0.2) is 0 Å². The molecule has 2 atom stereocenters. The van der Waals surface area contributed by atoms with Gasteiger partial charge < -0.3 is 9.84 Å². The Kier molecular flexibility index (Phi) is 1.78. The third kappa shape index (κ3) is 1.43. The summed E-state index contributed by atoms with van der Waals surface area (Å²) < 4.78 is 5.13. The SMILES string of the molecule is CC1CCCOC1(C)O. The lowest BCUT2D eigenvalue weighted by Crippen LogP contribution is -2.39. The molecule has 1 fully saturated rings. The maximum Gasteiger partial charge on any atom is 0.165 e. The molecule has 2 nitrogen and oxygen atoms in total. The molecule has 0 aliphatic carbocycles. The van der Waals surface area contributed by atoms with E-state index in [1.54, 1.807) is 6.92 Å². The average Bonchev–Trinajstić information content (AvgIpc) is 1.77. The smallest absolute Gasteiger partial charge is 0.165 e. The van der Waals surface area contributed by atoms with E-state index in [1.165, 1.54) is 0 Å². The maximum absolute atomic E-state index is 9.42. The summed E-state index contributed by atoms with van der Waals surface area (Å²) in [6.07, 6.45) is 2.16. The molecule has 0 radical (unpaired) electrons. The van der Waals surface area contributed by atoms with Crippen LogP contribution in [0.25, 0.3) is 0 Å². The zero-order chi connectivity index (χ0) is 6.91. The van der Waals surface area contributed by atoms with Crippen molar-refractivity contribution in [3.8, 4) is 0 Å². The zero-order valence-electron chi connectivity index (χ0n) is 6.05. The van der Waals surface area contributed by atoms with Crippen LogP contribution in [0.4, 0.5) is 0 Å². The van der Waals surface area contributed by atoms with Crippen LogP contribution in [-0.2, 0) is 4.74 Å². The molecule has 1 aliphatic rings. The van der Waals surface area contributed by atoms with Crippen molar-refractivity contribution in [2.24, 2.45) is 5.92 Å². The maximum atomic E-state index is 9.42. The van der Waals surface area contributed by atoms with Gasteiger partial charge in [-0.2, -0.15) is 0 Å². The Bertz CT molecular complexity index is 99.1. The van der Waals surface area contributed by atoms with Crippen LogP contribution in [0.3, 0.4) is 0 Å². The van der Waals surface area contributed by atoms with Crippen molar-refractivity contribution in [2.45, 2.75) is 32.5 Å². The monoisotopic (exact) mass is 130 g/mol. The van der Waals surface area contributed by atoms with Gasteiger partial charge in [-0.15, -0.1) is 0 Å². The molecule has 0 amide bonds. The number of ether oxygens (including phenoxy) is 1. The van der Waals surface area contributed by atoms with Crippen LogP contribution in [0.5, 0.6) is 0 Å². The van der Waals surface area contributed by atoms with Crippen LogP contribution < -0.4 is 0 Å². The molecule has 0 aromatic rings. The standard InChI is InChI=1S/C7H14O2/c1-6-4-3-5-9-7(6,2)8/h6,8H,3-5H2,1-2H3. The number of hydrogen-bond acceptors (Lipinski definition) is 2. The Balaban J connectivity index is 2.49. The van der Waals surface area contributed by atoms with Gasteiger partial charge in [-0.1, -0.05) is 6.92 Å². The minimum Gasteiger partial charge on any atom is -0.365 e. The van der Waals surface area contributed by atoms with Crippen molar-refractivity contribution >= 4 is 0 Å². The van der Waals surface area contributed by atoms with Crippen molar-refractivity contribution in [3.63, 3.8) is 0 Å². The number of rotatable bonds is 0. The van der Waals surface area contributed by atoms with Gasteiger partial charge in [0.15, 0.2) is 5.79 Å². The molecule has 1 heterocycles. The molecular formula is C7H14O2. The predicted molar refractivity (Wildman–Crippen MR) is 35.0 cm³/mol. The lowest BCUT2D eigenvalue weighted by molar-refractivity contribution is -0.240. The molecule has 2 heteroatoms. The third-order valence-corrected chi connectivity index (χ3v) is 2.09.